The molecule has 2 N–H and O–H groups in total. The van der Waals surface area contributed by atoms with Gasteiger partial charge in [-0.1, -0.05) is 30.3 Å². The first-order valence-electron chi connectivity index (χ1n) is 6.56. The van der Waals surface area contributed by atoms with Crippen molar-refractivity contribution in [2.45, 2.75) is 37.5 Å². The fraction of sp³-hybridized carbons (Fsp3) is 0.500. The van der Waals surface area contributed by atoms with Crippen LogP contribution in [0.3, 0.4) is 0 Å². The van der Waals surface area contributed by atoms with Crippen molar-refractivity contribution >= 4 is 16.2 Å². The molecule has 1 aliphatic heterocycles. The van der Waals surface area contributed by atoms with Crippen molar-refractivity contribution in [1.29, 1.82) is 0 Å². The van der Waals surface area contributed by atoms with Crippen molar-refractivity contribution < 1.29 is 19.7 Å². The molecule has 0 aliphatic carbocycles. The van der Waals surface area contributed by atoms with Gasteiger partial charge in [-0.25, -0.2) is 4.79 Å². The first-order chi connectivity index (χ1) is 8.96. The van der Waals surface area contributed by atoms with Crippen LogP contribution in [-0.4, -0.2) is 39.1 Å². The van der Waals surface area contributed by atoms with E-state index in [1.807, 2.05) is 0 Å². The minimum atomic E-state index is -1.23. The number of benzene rings is 1. The molecule has 1 fully saturated rings. The van der Waals surface area contributed by atoms with Gasteiger partial charge >= 0.3 is 5.97 Å². The first-order valence-corrected chi connectivity index (χ1v) is 7.56. The average Bonchev–Trinajstić information content (AvgIpc) is 2.41. The molecule has 5 heteroatoms. The summed E-state index contributed by atoms with van der Waals surface area (Å²) in [6, 6.07) is 10.7. The third kappa shape index (κ3) is 5.14. The van der Waals surface area contributed by atoms with Crippen LogP contribution >= 0.6 is 0 Å². The van der Waals surface area contributed by atoms with Crippen molar-refractivity contribution in [3.05, 3.63) is 35.9 Å². The van der Waals surface area contributed by atoms with Crippen LogP contribution in [0.1, 0.15) is 31.7 Å². The summed E-state index contributed by atoms with van der Waals surface area (Å²) in [4.78, 5) is 9.45. The predicted molar refractivity (Wildman–Crippen MR) is 77.2 cm³/mol. The molecule has 1 aliphatic rings. The van der Waals surface area contributed by atoms with Crippen molar-refractivity contribution in [2.24, 2.45) is 0 Å². The van der Waals surface area contributed by atoms with Crippen molar-refractivity contribution in [1.82, 2.24) is 0 Å². The average molecular weight is 282 g/mol. The van der Waals surface area contributed by atoms with E-state index in [0.29, 0.717) is 0 Å². The first kappa shape index (κ1) is 15.9. The maximum atomic E-state index is 9.45. The minimum absolute atomic E-state index is 0.111. The van der Waals surface area contributed by atoms with Crippen molar-refractivity contribution in [2.75, 3.05) is 6.61 Å². The lowest BCUT2D eigenvalue weighted by molar-refractivity contribution is -0.145. The van der Waals surface area contributed by atoms with Gasteiger partial charge in [-0.3, -0.25) is 0 Å². The van der Waals surface area contributed by atoms with Crippen LogP contribution in [0.2, 0.25) is 0 Å². The second kappa shape index (κ2) is 7.42. The Morgan fingerprint density at radius 3 is 2.37 bits per heavy atom. The monoisotopic (exact) mass is 282 g/mol. The fourth-order valence-corrected chi connectivity index (χ4v) is 2.84. The summed E-state index contributed by atoms with van der Waals surface area (Å²) >= 11 is 0. The number of hydrogen-bond acceptors (Lipinski definition) is 3. The molecule has 2 atom stereocenters. The summed E-state index contributed by atoms with van der Waals surface area (Å²) in [6.07, 6.45) is 2.53. The molecular formula is C14H22O4Si. The van der Waals surface area contributed by atoms with Gasteiger partial charge in [0.15, 0.2) is 0 Å². The van der Waals surface area contributed by atoms with E-state index >= 15 is 0 Å². The van der Waals surface area contributed by atoms with E-state index in [0.717, 1.165) is 16.8 Å². The standard InChI is InChI=1S/C11H16OSi.C3H6O3/c13-11(8-4-5-9-12-11)10-6-2-1-3-7-10;1-2(4)3(5)6/h1-3,6-7H,4-5,8-9H2,13H3;2,4H,1H3,(H,5,6). The molecule has 0 aromatic heterocycles. The Morgan fingerprint density at radius 2 is 1.95 bits per heavy atom. The highest BCUT2D eigenvalue weighted by molar-refractivity contribution is 6.14. The van der Waals surface area contributed by atoms with Crippen molar-refractivity contribution in [3.63, 3.8) is 0 Å². The van der Waals surface area contributed by atoms with Crippen LogP contribution < -0.4 is 0 Å². The summed E-state index contributed by atoms with van der Waals surface area (Å²) in [5.74, 6) is -1.19. The van der Waals surface area contributed by atoms with Crippen LogP contribution in [0.4, 0.5) is 0 Å². The number of aliphatic hydroxyl groups excluding tert-OH is 1. The molecule has 2 rings (SSSR count). The van der Waals surface area contributed by atoms with Gasteiger partial charge in [-0.05, 0) is 31.7 Å². The topological polar surface area (TPSA) is 66.8 Å². The molecule has 4 nitrogen and oxygen atoms in total. The molecule has 1 aromatic carbocycles. The van der Waals surface area contributed by atoms with E-state index in [2.05, 4.69) is 30.3 Å². The molecule has 1 heterocycles. The van der Waals surface area contributed by atoms with Gasteiger partial charge in [0.1, 0.15) is 6.10 Å². The maximum Gasteiger partial charge on any atom is 0.332 e. The molecular weight excluding hydrogens is 260 g/mol. The Balaban J connectivity index is 0.000000258. The lowest BCUT2D eigenvalue weighted by Gasteiger charge is -2.34. The lowest BCUT2D eigenvalue weighted by atomic mass is 10.0. The normalized spacial score (nSPS) is 24.1. The number of aliphatic hydroxyl groups is 1. The van der Waals surface area contributed by atoms with Gasteiger partial charge in [0.05, 0.1) is 5.22 Å². The van der Waals surface area contributed by atoms with Crippen LogP contribution in [0, 0.1) is 0 Å². The van der Waals surface area contributed by atoms with E-state index in [9.17, 15) is 4.79 Å². The summed E-state index contributed by atoms with van der Waals surface area (Å²) < 4.78 is 5.91. The summed E-state index contributed by atoms with van der Waals surface area (Å²) in [5.41, 5.74) is 1.38. The molecule has 0 bridgehead atoms. The van der Waals surface area contributed by atoms with E-state index in [1.165, 1.54) is 31.7 Å². The number of aliphatic carboxylic acids is 1. The highest BCUT2D eigenvalue weighted by Gasteiger charge is 2.28. The van der Waals surface area contributed by atoms with E-state index < -0.39 is 12.1 Å². The Morgan fingerprint density at radius 1 is 1.37 bits per heavy atom. The van der Waals surface area contributed by atoms with Crippen molar-refractivity contribution in [3.8, 4) is 0 Å². The lowest BCUT2D eigenvalue weighted by Crippen LogP contribution is -2.33. The zero-order valence-corrected chi connectivity index (χ0v) is 13.5. The third-order valence-corrected chi connectivity index (χ3v) is 4.58. The molecule has 0 spiro atoms. The highest BCUT2D eigenvalue weighted by atomic mass is 28.1. The Labute approximate surface area is 116 Å². The largest absolute Gasteiger partial charge is 0.479 e. The van der Waals surface area contributed by atoms with E-state index in [-0.39, 0.29) is 5.22 Å². The van der Waals surface area contributed by atoms with Gasteiger partial charge in [0, 0.05) is 16.8 Å². The predicted octanol–water partition coefficient (Wildman–Crippen LogP) is 0.857. The zero-order valence-electron chi connectivity index (χ0n) is 11.5. The summed E-state index contributed by atoms with van der Waals surface area (Å²) in [7, 11) is 1.10. The quantitative estimate of drug-likeness (QED) is 0.790. The zero-order chi connectivity index (χ0) is 14.3. The number of carbonyl (C=O) groups is 1. The van der Waals surface area contributed by atoms with Crippen LogP contribution in [0.25, 0.3) is 0 Å². The van der Waals surface area contributed by atoms with E-state index in [4.69, 9.17) is 14.9 Å². The van der Waals surface area contributed by atoms with Gasteiger partial charge in [-0.2, -0.15) is 0 Å². The summed E-state index contributed by atoms with van der Waals surface area (Å²) in [5, 5.41) is 15.9. The van der Waals surface area contributed by atoms with E-state index in [1.54, 1.807) is 0 Å². The third-order valence-electron chi connectivity index (χ3n) is 3.21. The number of carboxylic acids is 1. The van der Waals surface area contributed by atoms with Gasteiger partial charge < -0.3 is 14.9 Å². The molecule has 0 saturated carbocycles. The molecule has 1 aromatic rings. The Kier molecular flexibility index (Phi) is 6.21. The van der Waals surface area contributed by atoms with Gasteiger partial charge in [0.2, 0.25) is 0 Å². The summed E-state index contributed by atoms with van der Waals surface area (Å²) in [6.45, 7) is 2.14. The van der Waals surface area contributed by atoms with Gasteiger partial charge in [-0.15, -0.1) is 0 Å². The molecule has 0 radical (unpaired) electrons. The Bertz CT molecular complexity index is 386. The number of carboxylic acid groups (broad SMARTS) is 1. The fourth-order valence-electron chi connectivity index (χ4n) is 1.95. The second-order valence-electron chi connectivity index (χ2n) is 4.92. The SMILES string of the molecule is CC(O)C(=O)O.[SiH3]C1(c2ccccc2)CCCCO1. The smallest absolute Gasteiger partial charge is 0.332 e. The molecule has 2 unspecified atom stereocenters. The van der Waals surface area contributed by atoms with Gasteiger partial charge in [0.25, 0.3) is 0 Å². The maximum absolute atomic E-state index is 9.45. The Hall–Kier alpha value is -1.17. The molecule has 19 heavy (non-hydrogen) atoms. The van der Waals surface area contributed by atoms with Crippen LogP contribution in [0.5, 0.6) is 0 Å². The van der Waals surface area contributed by atoms with Crippen LogP contribution in [0.15, 0.2) is 30.3 Å². The highest BCUT2D eigenvalue weighted by Crippen LogP contribution is 2.31. The molecule has 1 saturated heterocycles. The molecule has 0 amide bonds. The minimum Gasteiger partial charge on any atom is -0.479 e. The second-order valence-corrected chi connectivity index (χ2v) is 6.53. The molecule has 106 valence electrons. The number of ether oxygens (including phenoxy) is 1. The number of hydrogen-bond donors (Lipinski definition) is 2. The number of rotatable bonds is 2. The van der Waals surface area contributed by atoms with Crippen LogP contribution in [-0.2, 0) is 14.8 Å².